The molecule has 0 aliphatic rings. The van der Waals surface area contributed by atoms with E-state index in [2.05, 4.69) is 10.1 Å². The van der Waals surface area contributed by atoms with Crippen LogP contribution < -0.4 is 5.32 Å². The molecule has 0 saturated carbocycles. The molecule has 0 radical (unpaired) electrons. The van der Waals surface area contributed by atoms with Crippen molar-refractivity contribution in [3.05, 3.63) is 0 Å². The van der Waals surface area contributed by atoms with Gasteiger partial charge >= 0.3 is 13.7 Å². The molecular formula is C11H21N2O5P. The Balaban J connectivity index is 4.42. The standard InChI is InChI=1S/C11H21N2O5P/c1-4-16-11(14)13-8-7-10(9-12)19(15,17-5-2)18-6-3/h10H,4-8H2,1-3H3,(H,13,14). The van der Waals surface area contributed by atoms with Crippen LogP contribution in [0.25, 0.3) is 0 Å². The van der Waals surface area contributed by atoms with Crippen molar-refractivity contribution in [2.75, 3.05) is 26.4 Å². The quantitative estimate of drug-likeness (QED) is 0.655. The smallest absolute Gasteiger partial charge is 0.407 e. The van der Waals surface area contributed by atoms with Gasteiger partial charge in [0.1, 0.15) is 5.66 Å². The molecule has 0 aromatic rings. The SMILES string of the molecule is CCOC(=O)NCCC(C#N)P(=O)(OCC)OCC. The van der Waals surface area contributed by atoms with Gasteiger partial charge in [-0.3, -0.25) is 4.57 Å². The molecule has 0 aliphatic carbocycles. The number of nitrogens with zero attached hydrogens (tertiary/aromatic N) is 1. The highest BCUT2D eigenvalue weighted by molar-refractivity contribution is 7.55. The number of nitrogens with one attached hydrogen (secondary N) is 1. The summed E-state index contributed by atoms with van der Waals surface area (Å²) in [5.74, 6) is 0. The summed E-state index contributed by atoms with van der Waals surface area (Å²) in [6, 6.07) is 1.91. The average molecular weight is 292 g/mol. The third kappa shape index (κ3) is 6.58. The minimum Gasteiger partial charge on any atom is -0.450 e. The largest absolute Gasteiger partial charge is 0.450 e. The van der Waals surface area contributed by atoms with Crippen molar-refractivity contribution in [1.29, 1.82) is 5.26 Å². The fraction of sp³-hybridized carbons (Fsp3) is 0.818. The fourth-order valence-electron chi connectivity index (χ4n) is 1.36. The molecule has 110 valence electrons. The highest BCUT2D eigenvalue weighted by atomic mass is 31.2. The number of nitriles is 1. The van der Waals surface area contributed by atoms with E-state index >= 15 is 0 Å². The lowest BCUT2D eigenvalue weighted by molar-refractivity contribution is 0.152. The highest BCUT2D eigenvalue weighted by Gasteiger charge is 2.35. The van der Waals surface area contributed by atoms with Crippen LogP contribution in [0.5, 0.6) is 0 Å². The third-order valence-electron chi connectivity index (χ3n) is 2.11. The number of alkyl carbamates (subject to hydrolysis) is 1. The van der Waals surface area contributed by atoms with Crippen LogP contribution in [-0.4, -0.2) is 38.1 Å². The molecule has 0 heterocycles. The van der Waals surface area contributed by atoms with Gasteiger partial charge < -0.3 is 19.1 Å². The first-order valence-electron chi connectivity index (χ1n) is 6.23. The Hall–Kier alpha value is -1.09. The summed E-state index contributed by atoms with van der Waals surface area (Å²) < 4.78 is 27.2. The average Bonchev–Trinajstić information content (AvgIpc) is 2.35. The van der Waals surface area contributed by atoms with Crippen LogP contribution in [0.4, 0.5) is 4.79 Å². The van der Waals surface area contributed by atoms with Crippen LogP contribution in [0.15, 0.2) is 0 Å². The number of carbonyl (C=O) groups excluding carboxylic acids is 1. The van der Waals surface area contributed by atoms with Gasteiger partial charge in [0.25, 0.3) is 0 Å². The molecule has 0 fully saturated rings. The van der Waals surface area contributed by atoms with Crippen LogP contribution in [0.2, 0.25) is 0 Å². The topological polar surface area (TPSA) is 97.7 Å². The first-order valence-corrected chi connectivity index (χ1v) is 7.84. The number of carbonyl (C=O) groups is 1. The van der Waals surface area contributed by atoms with E-state index in [1.807, 2.05) is 6.07 Å². The lowest BCUT2D eigenvalue weighted by atomic mass is 10.3. The zero-order chi connectivity index (χ0) is 14.7. The molecule has 0 aromatic heterocycles. The van der Waals surface area contributed by atoms with E-state index in [-0.39, 0.29) is 32.8 Å². The Morgan fingerprint density at radius 3 is 2.26 bits per heavy atom. The lowest BCUT2D eigenvalue weighted by Crippen LogP contribution is -2.28. The minimum atomic E-state index is -3.46. The Kier molecular flexibility index (Phi) is 9.23. The Morgan fingerprint density at radius 2 is 1.84 bits per heavy atom. The van der Waals surface area contributed by atoms with Crippen molar-refractivity contribution < 1.29 is 23.1 Å². The molecule has 0 aromatic carbocycles. The lowest BCUT2D eigenvalue weighted by Gasteiger charge is -2.21. The van der Waals surface area contributed by atoms with Crippen molar-refractivity contribution in [2.24, 2.45) is 0 Å². The van der Waals surface area contributed by atoms with Gasteiger partial charge in [0, 0.05) is 6.54 Å². The van der Waals surface area contributed by atoms with Crippen LogP contribution in [0.3, 0.4) is 0 Å². The molecule has 0 rings (SSSR count). The first-order chi connectivity index (χ1) is 9.03. The molecule has 1 amide bonds. The van der Waals surface area contributed by atoms with Gasteiger partial charge in [-0.2, -0.15) is 5.26 Å². The summed E-state index contributed by atoms with van der Waals surface area (Å²) in [4.78, 5) is 11.1. The minimum absolute atomic E-state index is 0.168. The van der Waals surface area contributed by atoms with Crippen molar-refractivity contribution in [3.63, 3.8) is 0 Å². The second-order valence-corrected chi connectivity index (χ2v) is 5.68. The van der Waals surface area contributed by atoms with E-state index in [1.165, 1.54) is 0 Å². The predicted molar refractivity (Wildman–Crippen MR) is 69.9 cm³/mol. The zero-order valence-corrected chi connectivity index (χ0v) is 12.4. The van der Waals surface area contributed by atoms with E-state index < -0.39 is 19.3 Å². The van der Waals surface area contributed by atoms with Gasteiger partial charge in [-0.15, -0.1) is 0 Å². The monoisotopic (exact) mass is 292 g/mol. The summed E-state index contributed by atoms with van der Waals surface area (Å²) >= 11 is 0. The molecule has 0 bridgehead atoms. The maximum absolute atomic E-state index is 12.3. The van der Waals surface area contributed by atoms with Gasteiger partial charge in [-0.1, -0.05) is 0 Å². The summed E-state index contributed by atoms with van der Waals surface area (Å²) in [7, 11) is -3.46. The Morgan fingerprint density at radius 1 is 1.26 bits per heavy atom. The number of hydrogen-bond donors (Lipinski definition) is 1. The van der Waals surface area contributed by atoms with Crippen LogP contribution in [0, 0.1) is 11.3 Å². The van der Waals surface area contributed by atoms with Gasteiger partial charge in [-0.25, -0.2) is 4.79 Å². The molecule has 1 N–H and O–H groups in total. The van der Waals surface area contributed by atoms with Crippen molar-refractivity contribution in [1.82, 2.24) is 5.32 Å². The number of hydrogen-bond acceptors (Lipinski definition) is 6. The normalized spacial score (nSPS) is 12.5. The number of ether oxygens (including phenoxy) is 1. The van der Waals surface area contributed by atoms with Crippen molar-refractivity contribution in [3.8, 4) is 6.07 Å². The Bertz CT molecular complexity index is 345. The summed E-state index contributed by atoms with van der Waals surface area (Å²) in [6.07, 6.45) is -0.395. The maximum atomic E-state index is 12.3. The molecule has 0 spiro atoms. The number of amides is 1. The second kappa shape index (κ2) is 9.79. The van der Waals surface area contributed by atoms with Crippen molar-refractivity contribution >= 4 is 13.7 Å². The van der Waals surface area contributed by atoms with Gasteiger partial charge in [0.2, 0.25) is 0 Å². The van der Waals surface area contributed by atoms with Gasteiger partial charge in [-0.05, 0) is 27.2 Å². The Labute approximate surface area is 113 Å². The van der Waals surface area contributed by atoms with Gasteiger partial charge in [0.15, 0.2) is 0 Å². The third-order valence-corrected chi connectivity index (χ3v) is 4.48. The maximum Gasteiger partial charge on any atom is 0.407 e. The molecule has 7 nitrogen and oxygen atoms in total. The van der Waals surface area contributed by atoms with Gasteiger partial charge in [0.05, 0.1) is 25.9 Å². The summed E-state index contributed by atoms with van der Waals surface area (Å²) in [6.45, 7) is 5.87. The fourth-order valence-corrected chi connectivity index (χ4v) is 3.10. The number of rotatable bonds is 9. The summed E-state index contributed by atoms with van der Waals surface area (Å²) in [5.41, 5.74) is -0.908. The van der Waals surface area contributed by atoms with Crippen LogP contribution >= 0.6 is 7.60 Å². The van der Waals surface area contributed by atoms with E-state index in [0.717, 1.165) is 0 Å². The van der Waals surface area contributed by atoms with Crippen molar-refractivity contribution in [2.45, 2.75) is 32.9 Å². The summed E-state index contributed by atoms with van der Waals surface area (Å²) in [5, 5.41) is 11.5. The van der Waals surface area contributed by atoms with E-state index in [9.17, 15) is 9.36 Å². The zero-order valence-electron chi connectivity index (χ0n) is 11.5. The molecular weight excluding hydrogens is 271 g/mol. The molecule has 0 saturated heterocycles. The van der Waals surface area contributed by atoms with E-state index in [4.69, 9.17) is 14.3 Å². The van der Waals surface area contributed by atoms with E-state index in [0.29, 0.717) is 0 Å². The second-order valence-electron chi connectivity index (χ2n) is 3.46. The highest BCUT2D eigenvalue weighted by Crippen LogP contribution is 2.53. The van der Waals surface area contributed by atoms with Crippen LogP contribution in [-0.2, 0) is 18.3 Å². The first kappa shape index (κ1) is 17.9. The van der Waals surface area contributed by atoms with Crippen LogP contribution in [0.1, 0.15) is 27.2 Å². The molecule has 1 atom stereocenters. The molecule has 8 heteroatoms. The predicted octanol–water partition coefficient (Wildman–Crippen LogP) is 2.28. The van der Waals surface area contributed by atoms with E-state index in [1.54, 1.807) is 20.8 Å². The molecule has 1 unspecified atom stereocenters. The molecule has 19 heavy (non-hydrogen) atoms. The molecule has 0 aliphatic heterocycles.